The molecule has 0 aliphatic carbocycles. The van der Waals surface area contributed by atoms with E-state index < -0.39 is 18.3 Å². The summed E-state index contributed by atoms with van der Waals surface area (Å²) in [5.74, 6) is -0.280. The number of rotatable bonds is 9. The highest BCUT2D eigenvalue weighted by Gasteiger charge is 2.52. The molecule has 0 aromatic heterocycles. The zero-order valence-corrected chi connectivity index (χ0v) is 18.8. The molecule has 1 aromatic rings. The summed E-state index contributed by atoms with van der Waals surface area (Å²) in [6.07, 6.45) is 8.26. The van der Waals surface area contributed by atoms with Crippen molar-refractivity contribution in [2.45, 2.75) is 78.4 Å². The summed E-state index contributed by atoms with van der Waals surface area (Å²) in [4.78, 5) is 11.3. The van der Waals surface area contributed by atoms with Crippen LogP contribution in [0.3, 0.4) is 0 Å². The molecule has 1 heterocycles. The fourth-order valence-corrected chi connectivity index (χ4v) is 3.20. The predicted octanol–water partition coefficient (Wildman–Crippen LogP) is 5.77. The lowest BCUT2D eigenvalue weighted by atomic mass is 9.72. The average Bonchev–Trinajstić information content (AvgIpc) is 2.87. The summed E-state index contributed by atoms with van der Waals surface area (Å²) >= 11 is 0. The highest BCUT2D eigenvalue weighted by atomic mass is 16.7. The van der Waals surface area contributed by atoms with Gasteiger partial charge in [0, 0.05) is 13.3 Å². The van der Waals surface area contributed by atoms with Crippen LogP contribution >= 0.6 is 0 Å². The summed E-state index contributed by atoms with van der Waals surface area (Å²) in [6, 6.07) is 10.3. The summed E-state index contributed by atoms with van der Waals surface area (Å²) in [5.41, 5.74) is 2.32. The molecule has 0 radical (unpaired) electrons. The number of carbonyl (C=O) groups excluding carboxylic acids is 1. The molecule has 0 atom stereocenters. The van der Waals surface area contributed by atoms with Crippen LogP contribution in [0.15, 0.2) is 48.0 Å². The Balaban J connectivity index is 2.47. The molecule has 1 fully saturated rings. The second-order valence-electron chi connectivity index (χ2n) is 8.53. The lowest BCUT2D eigenvalue weighted by Crippen LogP contribution is -2.41. The van der Waals surface area contributed by atoms with E-state index in [0.717, 1.165) is 35.9 Å². The number of ether oxygens (including phenoxy) is 1. The molecule has 0 spiro atoms. The number of benzene rings is 1. The number of hydrogen-bond donors (Lipinski definition) is 0. The van der Waals surface area contributed by atoms with Crippen molar-refractivity contribution in [1.29, 1.82) is 0 Å². The molecule has 0 N–H and O–H groups in total. The van der Waals surface area contributed by atoms with Gasteiger partial charge in [-0.3, -0.25) is 4.79 Å². The van der Waals surface area contributed by atoms with Crippen molar-refractivity contribution in [3.8, 4) is 0 Å². The summed E-state index contributed by atoms with van der Waals surface area (Å²) in [6.45, 7) is 12.1. The molecule has 1 aliphatic heterocycles. The fraction of sp³-hybridized carbons (Fsp3) is 0.542. The van der Waals surface area contributed by atoms with E-state index in [1.807, 2.05) is 18.2 Å². The van der Waals surface area contributed by atoms with Gasteiger partial charge >= 0.3 is 13.1 Å². The number of carbonyl (C=O) groups is 1. The van der Waals surface area contributed by atoms with Gasteiger partial charge in [0.2, 0.25) is 0 Å². The van der Waals surface area contributed by atoms with E-state index in [0.29, 0.717) is 13.0 Å². The van der Waals surface area contributed by atoms with Gasteiger partial charge < -0.3 is 14.0 Å². The van der Waals surface area contributed by atoms with E-state index in [2.05, 4.69) is 58.9 Å². The zero-order valence-electron chi connectivity index (χ0n) is 18.8. The number of allylic oxidation sites excluding steroid dienone is 3. The molecule has 4 nitrogen and oxygen atoms in total. The van der Waals surface area contributed by atoms with E-state index >= 15 is 0 Å². The van der Waals surface area contributed by atoms with Gasteiger partial charge in [0.05, 0.1) is 17.8 Å². The van der Waals surface area contributed by atoms with Crippen LogP contribution in [-0.2, 0) is 18.8 Å². The smallest absolute Gasteiger partial charge is 0.466 e. The van der Waals surface area contributed by atoms with E-state index in [4.69, 9.17) is 14.0 Å². The largest absolute Gasteiger partial charge is 0.491 e. The lowest BCUT2D eigenvalue weighted by molar-refractivity contribution is -0.140. The van der Waals surface area contributed by atoms with Crippen LogP contribution in [0.1, 0.15) is 72.8 Å². The summed E-state index contributed by atoms with van der Waals surface area (Å²) < 4.78 is 18.0. The van der Waals surface area contributed by atoms with E-state index in [1.54, 1.807) is 0 Å². The van der Waals surface area contributed by atoms with Crippen molar-refractivity contribution in [3.05, 3.63) is 53.5 Å². The van der Waals surface area contributed by atoms with Gasteiger partial charge in [-0.2, -0.15) is 0 Å². The molecule has 1 aliphatic rings. The Morgan fingerprint density at radius 2 is 1.72 bits per heavy atom. The molecule has 0 unspecified atom stereocenters. The molecule has 29 heavy (non-hydrogen) atoms. The predicted molar refractivity (Wildman–Crippen MR) is 119 cm³/mol. The second kappa shape index (κ2) is 10.3. The van der Waals surface area contributed by atoms with Crippen molar-refractivity contribution in [3.63, 3.8) is 0 Å². The van der Waals surface area contributed by atoms with Crippen LogP contribution < -0.4 is 0 Å². The van der Waals surface area contributed by atoms with Gasteiger partial charge in [0.1, 0.15) is 0 Å². The standard InChI is InChI=1S/C24H35BO4/c1-7-8-9-13-16-21(20-14-11-10-12-15-20)22(17-18-27-19(2)26)25-28-23(3,4)24(5,6)29-25/h10-16H,7-9,17-18H2,1-6H3/b16-13+,22-21-. The first-order valence-corrected chi connectivity index (χ1v) is 10.6. The summed E-state index contributed by atoms with van der Waals surface area (Å²) in [7, 11) is -0.485. The van der Waals surface area contributed by atoms with E-state index in [1.165, 1.54) is 6.92 Å². The van der Waals surface area contributed by atoms with Gasteiger partial charge in [0.15, 0.2) is 0 Å². The highest BCUT2D eigenvalue weighted by molar-refractivity contribution is 6.56. The summed E-state index contributed by atoms with van der Waals surface area (Å²) in [5, 5.41) is 0. The second-order valence-corrected chi connectivity index (χ2v) is 8.53. The Labute approximate surface area is 176 Å². The van der Waals surface area contributed by atoms with Gasteiger partial charge in [-0.15, -0.1) is 0 Å². The average molecular weight is 398 g/mol. The van der Waals surface area contributed by atoms with Crippen LogP contribution in [0.25, 0.3) is 5.57 Å². The van der Waals surface area contributed by atoms with Crippen molar-refractivity contribution in [1.82, 2.24) is 0 Å². The van der Waals surface area contributed by atoms with Crippen LogP contribution in [0, 0.1) is 0 Å². The molecule has 0 amide bonds. The lowest BCUT2D eigenvalue weighted by Gasteiger charge is -2.32. The Morgan fingerprint density at radius 1 is 1.10 bits per heavy atom. The molecule has 0 saturated carbocycles. The Kier molecular flexibility index (Phi) is 8.29. The van der Waals surface area contributed by atoms with Crippen molar-refractivity contribution < 1.29 is 18.8 Å². The maximum Gasteiger partial charge on any atom is 0.491 e. The number of hydrogen-bond acceptors (Lipinski definition) is 4. The molecule has 1 aromatic carbocycles. The van der Waals surface area contributed by atoms with Gasteiger partial charge in [-0.1, -0.05) is 62.2 Å². The molecular formula is C24H35BO4. The quantitative estimate of drug-likeness (QED) is 0.229. The maximum absolute atomic E-state index is 11.3. The third-order valence-electron chi connectivity index (χ3n) is 5.65. The first kappa shape index (κ1) is 23.4. The topological polar surface area (TPSA) is 44.8 Å². The van der Waals surface area contributed by atoms with Crippen molar-refractivity contribution >= 4 is 18.7 Å². The minimum Gasteiger partial charge on any atom is -0.466 e. The Bertz CT molecular complexity index is 719. The number of esters is 1. The fourth-order valence-electron chi connectivity index (χ4n) is 3.20. The highest BCUT2D eigenvalue weighted by Crippen LogP contribution is 2.41. The van der Waals surface area contributed by atoms with E-state index in [9.17, 15) is 4.79 Å². The Morgan fingerprint density at radius 3 is 2.28 bits per heavy atom. The van der Waals surface area contributed by atoms with E-state index in [-0.39, 0.29) is 5.97 Å². The Hall–Kier alpha value is -1.85. The third-order valence-corrected chi connectivity index (χ3v) is 5.65. The molecular weight excluding hydrogens is 363 g/mol. The third kappa shape index (κ3) is 6.32. The van der Waals surface area contributed by atoms with Gasteiger partial charge in [-0.05, 0) is 50.7 Å². The van der Waals surface area contributed by atoms with Crippen LogP contribution in [0.5, 0.6) is 0 Å². The minimum atomic E-state index is -0.485. The van der Waals surface area contributed by atoms with Gasteiger partial charge in [0.25, 0.3) is 0 Å². The molecule has 2 rings (SSSR count). The monoisotopic (exact) mass is 398 g/mol. The van der Waals surface area contributed by atoms with Crippen LogP contribution in [-0.4, -0.2) is 30.9 Å². The SMILES string of the molecule is CCCC/C=C/C(=C(\CCOC(C)=O)B1OC(C)(C)C(C)(C)O1)c1ccccc1. The van der Waals surface area contributed by atoms with Crippen molar-refractivity contribution in [2.24, 2.45) is 0 Å². The van der Waals surface area contributed by atoms with Crippen LogP contribution in [0.4, 0.5) is 0 Å². The maximum atomic E-state index is 11.3. The van der Waals surface area contributed by atoms with Gasteiger partial charge in [-0.25, -0.2) is 0 Å². The van der Waals surface area contributed by atoms with Crippen molar-refractivity contribution in [2.75, 3.05) is 6.61 Å². The molecule has 158 valence electrons. The minimum absolute atomic E-state index is 0.280. The normalized spacial score (nSPS) is 18.8. The molecule has 5 heteroatoms. The molecule has 1 saturated heterocycles. The molecule has 0 bridgehead atoms. The first-order valence-electron chi connectivity index (χ1n) is 10.6. The first-order chi connectivity index (χ1) is 13.7. The zero-order chi connectivity index (χ0) is 21.5. The number of unbranched alkanes of at least 4 members (excludes halogenated alkanes) is 2. The van der Waals surface area contributed by atoms with Crippen LogP contribution in [0.2, 0.25) is 0 Å².